The Kier molecular flexibility index (Phi) is 4.71. The third-order valence-corrected chi connectivity index (χ3v) is 3.17. The zero-order valence-corrected chi connectivity index (χ0v) is 8.93. The molecule has 0 radical (unpaired) electrons. The van der Waals surface area contributed by atoms with Gasteiger partial charge in [0.1, 0.15) is 6.67 Å². The second-order valence-electron chi connectivity index (χ2n) is 4.58. The van der Waals surface area contributed by atoms with Gasteiger partial charge in [0.05, 0.1) is 0 Å². The van der Waals surface area contributed by atoms with Crippen molar-refractivity contribution in [1.29, 1.82) is 0 Å². The molecule has 0 unspecified atom stereocenters. The van der Waals surface area contributed by atoms with Gasteiger partial charge in [0, 0.05) is 13.1 Å². The summed E-state index contributed by atoms with van der Waals surface area (Å²) in [6.07, 6.45) is 5.43. The fourth-order valence-electron chi connectivity index (χ4n) is 2.19. The van der Waals surface area contributed by atoms with Gasteiger partial charge >= 0.3 is 0 Å². The number of hydrogen-bond acceptors (Lipinski definition) is 1. The number of alkyl halides is 1. The molecular weight excluding hydrogens is 165 g/mol. The van der Waals surface area contributed by atoms with Crippen molar-refractivity contribution in [2.24, 2.45) is 11.8 Å². The van der Waals surface area contributed by atoms with Crippen molar-refractivity contribution in [3.05, 3.63) is 0 Å². The summed E-state index contributed by atoms with van der Waals surface area (Å²) in [7, 11) is 2.03. The van der Waals surface area contributed by atoms with E-state index in [-0.39, 0.29) is 6.67 Å². The molecule has 0 N–H and O–H groups in total. The summed E-state index contributed by atoms with van der Waals surface area (Å²) in [4.78, 5) is 2.13. The van der Waals surface area contributed by atoms with Gasteiger partial charge in [0.25, 0.3) is 0 Å². The normalized spacial score (nSPS) is 29.5. The lowest BCUT2D eigenvalue weighted by atomic mass is 9.83. The Balaban J connectivity index is 2.14. The second kappa shape index (κ2) is 5.58. The molecule has 0 aliphatic heterocycles. The molecular formula is C11H22FN. The van der Waals surface area contributed by atoms with E-state index in [0.717, 1.165) is 18.4 Å². The summed E-state index contributed by atoms with van der Waals surface area (Å²) >= 11 is 0. The average Bonchev–Trinajstić information content (AvgIpc) is 2.09. The molecule has 1 nitrogen and oxygen atoms in total. The minimum atomic E-state index is -0.209. The maximum atomic E-state index is 12.0. The Morgan fingerprint density at radius 3 is 2.38 bits per heavy atom. The lowest BCUT2D eigenvalue weighted by Gasteiger charge is -2.29. The monoisotopic (exact) mass is 187 g/mol. The molecule has 1 rings (SSSR count). The lowest BCUT2D eigenvalue weighted by molar-refractivity contribution is 0.200. The van der Waals surface area contributed by atoms with Crippen LogP contribution in [0.1, 0.15) is 32.6 Å². The van der Waals surface area contributed by atoms with Crippen LogP contribution < -0.4 is 0 Å². The van der Waals surface area contributed by atoms with Gasteiger partial charge < -0.3 is 4.90 Å². The molecule has 0 saturated heterocycles. The zero-order valence-electron chi connectivity index (χ0n) is 8.93. The van der Waals surface area contributed by atoms with E-state index in [9.17, 15) is 4.39 Å². The van der Waals surface area contributed by atoms with Crippen LogP contribution in [0, 0.1) is 11.8 Å². The molecule has 0 bridgehead atoms. The Bertz CT molecular complexity index is 130. The van der Waals surface area contributed by atoms with Crippen molar-refractivity contribution < 1.29 is 4.39 Å². The van der Waals surface area contributed by atoms with Crippen LogP contribution in [0.2, 0.25) is 0 Å². The van der Waals surface area contributed by atoms with Crippen molar-refractivity contribution in [3.8, 4) is 0 Å². The molecule has 0 aromatic carbocycles. The van der Waals surface area contributed by atoms with E-state index in [1.807, 2.05) is 7.05 Å². The highest BCUT2D eigenvalue weighted by Crippen LogP contribution is 2.28. The standard InChI is InChI=1S/C11H22FN/c1-10-3-5-11(6-4-10)9-13(2)8-7-12/h10-11H,3-9H2,1-2H3. The Hall–Kier alpha value is -0.110. The van der Waals surface area contributed by atoms with Crippen LogP contribution in [0.4, 0.5) is 4.39 Å². The molecule has 0 heterocycles. The highest BCUT2D eigenvalue weighted by Gasteiger charge is 2.18. The molecule has 0 spiro atoms. The first kappa shape index (κ1) is 11.0. The maximum absolute atomic E-state index is 12.0. The Labute approximate surface area is 81.3 Å². The number of nitrogens with zero attached hydrogens (tertiary/aromatic N) is 1. The topological polar surface area (TPSA) is 3.24 Å². The minimum Gasteiger partial charge on any atom is -0.303 e. The molecule has 1 aliphatic carbocycles. The average molecular weight is 187 g/mol. The summed E-state index contributed by atoms with van der Waals surface area (Å²) in [5.41, 5.74) is 0. The molecule has 0 aromatic rings. The molecule has 1 fully saturated rings. The van der Waals surface area contributed by atoms with Crippen LogP contribution in [-0.4, -0.2) is 31.7 Å². The van der Waals surface area contributed by atoms with Gasteiger partial charge in [0.2, 0.25) is 0 Å². The molecule has 2 heteroatoms. The SMILES string of the molecule is CC1CCC(CN(C)CCF)CC1. The third kappa shape index (κ3) is 4.08. The van der Waals surface area contributed by atoms with Crippen molar-refractivity contribution in [1.82, 2.24) is 4.90 Å². The summed E-state index contributed by atoms with van der Waals surface area (Å²) in [5, 5.41) is 0. The van der Waals surface area contributed by atoms with E-state index < -0.39 is 0 Å². The predicted octanol–water partition coefficient (Wildman–Crippen LogP) is 2.71. The van der Waals surface area contributed by atoms with Crippen LogP contribution in [0.15, 0.2) is 0 Å². The molecule has 0 aromatic heterocycles. The van der Waals surface area contributed by atoms with E-state index in [1.165, 1.54) is 25.7 Å². The van der Waals surface area contributed by atoms with Gasteiger partial charge in [-0.15, -0.1) is 0 Å². The zero-order chi connectivity index (χ0) is 9.68. The van der Waals surface area contributed by atoms with Gasteiger partial charge in [-0.1, -0.05) is 19.8 Å². The van der Waals surface area contributed by atoms with E-state index >= 15 is 0 Å². The number of hydrogen-bond donors (Lipinski definition) is 0. The summed E-state index contributed by atoms with van der Waals surface area (Å²) in [6.45, 7) is 3.82. The molecule has 1 saturated carbocycles. The summed E-state index contributed by atoms with van der Waals surface area (Å²) < 4.78 is 12.0. The summed E-state index contributed by atoms with van der Waals surface area (Å²) in [5.74, 6) is 1.75. The van der Waals surface area contributed by atoms with Crippen molar-refractivity contribution in [2.45, 2.75) is 32.6 Å². The third-order valence-electron chi connectivity index (χ3n) is 3.17. The predicted molar refractivity (Wildman–Crippen MR) is 54.6 cm³/mol. The first-order valence-electron chi connectivity index (χ1n) is 5.47. The number of halogens is 1. The minimum absolute atomic E-state index is 0.209. The van der Waals surface area contributed by atoms with Gasteiger partial charge in [-0.2, -0.15) is 0 Å². The Morgan fingerprint density at radius 2 is 1.85 bits per heavy atom. The van der Waals surface area contributed by atoms with Gasteiger partial charge in [-0.3, -0.25) is 0 Å². The molecule has 78 valence electrons. The van der Waals surface area contributed by atoms with E-state index in [4.69, 9.17) is 0 Å². The molecule has 0 atom stereocenters. The van der Waals surface area contributed by atoms with Crippen molar-refractivity contribution in [3.63, 3.8) is 0 Å². The summed E-state index contributed by atoms with van der Waals surface area (Å²) in [6, 6.07) is 0. The molecule has 13 heavy (non-hydrogen) atoms. The number of rotatable bonds is 4. The van der Waals surface area contributed by atoms with Crippen LogP contribution in [0.5, 0.6) is 0 Å². The van der Waals surface area contributed by atoms with Crippen molar-refractivity contribution >= 4 is 0 Å². The van der Waals surface area contributed by atoms with E-state index in [1.54, 1.807) is 0 Å². The van der Waals surface area contributed by atoms with Gasteiger partial charge in [-0.05, 0) is 31.7 Å². The Morgan fingerprint density at radius 1 is 1.23 bits per heavy atom. The first-order chi connectivity index (χ1) is 6.22. The van der Waals surface area contributed by atoms with E-state index in [2.05, 4.69) is 11.8 Å². The van der Waals surface area contributed by atoms with Gasteiger partial charge in [0.15, 0.2) is 0 Å². The largest absolute Gasteiger partial charge is 0.303 e. The first-order valence-corrected chi connectivity index (χ1v) is 5.47. The second-order valence-corrected chi connectivity index (χ2v) is 4.58. The molecule has 1 aliphatic rings. The highest BCUT2D eigenvalue weighted by atomic mass is 19.1. The van der Waals surface area contributed by atoms with Gasteiger partial charge in [-0.25, -0.2) is 4.39 Å². The highest BCUT2D eigenvalue weighted by molar-refractivity contribution is 4.72. The maximum Gasteiger partial charge on any atom is 0.102 e. The van der Waals surface area contributed by atoms with Crippen LogP contribution in [0.25, 0.3) is 0 Å². The van der Waals surface area contributed by atoms with E-state index in [0.29, 0.717) is 6.54 Å². The fourth-order valence-corrected chi connectivity index (χ4v) is 2.19. The van der Waals surface area contributed by atoms with Crippen LogP contribution >= 0.6 is 0 Å². The smallest absolute Gasteiger partial charge is 0.102 e. The molecule has 0 amide bonds. The lowest BCUT2D eigenvalue weighted by Crippen LogP contribution is -2.29. The quantitative estimate of drug-likeness (QED) is 0.654. The fraction of sp³-hybridized carbons (Fsp3) is 1.00. The van der Waals surface area contributed by atoms with Crippen LogP contribution in [-0.2, 0) is 0 Å². The van der Waals surface area contributed by atoms with Crippen molar-refractivity contribution in [2.75, 3.05) is 26.8 Å². The van der Waals surface area contributed by atoms with Crippen LogP contribution in [0.3, 0.4) is 0 Å².